The maximum Gasteiger partial charge on any atom is 0.308 e. The number of thiophene rings is 1. The third-order valence-corrected chi connectivity index (χ3v) is 3.73. The van der Waals surface area contributed by atoms with E-state index in [1.165, 1.54) is 4.88 Å². The average Bonchev–Trinajstić information content (AvgIpc) is 2.70. The molecule has 2 atom stereocenters. The van der Waals surface area contributed by atoms with E-state index in [0.717, 1.165) is 6.54 Å². The summed E-state index contributed by atoms with van der Waals surface area (Å²) in [5.41, 5.74) is 0. The zero-order valence-electron chi connectivity index (χ0n) is 8.01. The molecule has 14 heavy (non-hydrogen) atoms. The lowest BCUT2D eigenvalue weighted by atomic mass is 9.95. The van der Waals surface area contributed by atoms with Crippen molar-refractivity contribution >= 4 is 17.3 Å². The van der Waals surface area contributed by atoms with E-state index in [4.69, 9.17) is 5.11 Å². The van der Waals surface area contributed by atoms with Crippen molar-refractivity contribution in [3.63, 3.8) is 0 Å². The van der Waals surface area contributed by atoms with Gasteiger partial charge in [-0.3, -0.25) is 4.79 Å². The van der Waals surface area contributed by atoms with Crippen molar-refractivity contribution < 1.29 is 9.90 Å². The van der Waals surface area contributed by atoms with Crippen molar-refractivity contribution in [3.05, 3.63) is 22.4 Å². The van der Waals surface area contributed by atoms with Crippen LogP contribution in [-0.2, 0) is 4.79 Å². The van der Waals surface area contributed by atoms with Crippen LogP contribution in [0.2, 0.25) is 0 Å². The molecule has 0 spiro atoms. The average molecular weight is 211 g/mol. The molecule has 1 saturated heterocycles. The Morgan fingerprint density at radius 1 is 1.64 bits per heavy atom. The van der Waals surface area contributed by atoms with E-state index in [0.29, 0.717) is 6.54 Å². The highest BCUT2D eigenvalue weighted by Crippen LogP contribution is 2.34. The number of aliphatic carboxylic acids is 1. The normalized spacial score (nSPS) is 28.1. The predicted octanol–water partition coefficient (Wildman–Crippen LogP) is 1.48. The molecule has 3 nitrogen and oxygen atoms in total. The maximum atomic E-state index is 11.0. The molecule has 1 aliphatic rings. The van der Waals surface area contributed by atoms with Gasteiger partial charge in [0.25, 0.3) is 0 Å². The van der Waals surface area contributed by atoms with Crippen LogP contribution < -0.4 is 0 Å². The minimum Gasteiger partial charge on any atom is -0.481 e. The summed E-state index contributed by atoms with van der Waals surface area (Å²) in [6, 6.07) is 4.02. The van der Waals surface area contributed by atoms with Gasteiger partial charge < -0.3 is 10.0 Å². The van der Waals surface area contributed by atoms with Gasteiger partial charge in [0, 0.05) is 23.9 Å². The Labute approximate surface area is 87.0 Å². The number of carboxylic acids is 1. The molecular weight excluding hydrogens is 198 g/mol. The molecule has 76 valence electrons. The van der Waals surface area contributed by atoms with Gasteiger partial charge in [0.05, 0.1) is 5.92 Å². The summed E-state index contributed by atoms with van der Waals surface area (Å²) >= 11 is 1.65. The van der Waals surface area contributed by atoms with E-state index >= 15 is 0 Å². The van der Waals surface area contributed by atoms with Crippen LogP contribution in [0.15, 0.2) is 17.5 Å². The molecule has 0 saturated carbocycles. The number of likely N-dealkylation sites (tertiary alicyclic amines) is 1. The van der Waals surface area contributed by atoms with Gasteiger partial charge in [-0.25, -0.2) is 0 Å². The Hall–Kier alpha value is -0.870. The van der Waals surface area contributed by atoms with Gasteiger partial charge in [-0.1, -0.05) is 6.07 Å². The third kappa shape index (κ3) is 1.67. The summed E-state index contributed by atoms with van der Waals surface area (Å²) in [7, 11) is 1.98. The number of likely N-dealkylation sites (N-methyl/N-ethyl adjacent to an activating group) is 1. The first-order chi connectivity index (χ1) is 6.68. The van der Waals surface area contributed by atoms with Gasteiger partial charge in [0.15, 0.2) is 0 Å². The number of hydrogen-bond donors (Lipinski definition) is 1. The highest BCUT2D eigenvalue weighted by atomic mass is 32.1. The van der Waals surface area contributed by atoms with Gasteiger partial charge in [0.1, 0.15) is 0 Å². The van der Waals surface area contributed by atoms with Crippen LogP contribution in [0.4, 0.5) is 0 Å². The molecule has 1 N–H and O–H groups in total. The number of carboxylic acid groups (broad SMARTS) is 1. The largest absolute Gasteiger partial charge is 0.481 e. The van der Waals surface area contributed by atoms with Gasteiger partial charge >= 0.3 is 5.97 Å². The van der Waals surface area contributed by atoms with Crippen LogP contribution in [0.5, 0.6) is 0 Å². The molecule has 1 aromatic heterocycles. The summed E-state index contributed by atoms with van der Waals surface area (Å²) in [4.78, 5) is 14.3. The lowest BCUT2D eigenvalue weighted by Gasteiger charge is -2.11. The Bertz CT molecular complexity index is 323. The Kier molecular flexibility index (Phi) is 2.56. The van der Waals surface area contributed by atoms with E-state index in [9.17, 15) is 4.79 Å². The molecule has 2 heterocycles. The quantitative estimate of drug-likeness (QED) is 0.805. The molecule has 0 amide bonds. The number of rotatable bonds is 2. The monoisotopic (exact) mass is 211 g/mol. The molecule has 1 fully saturated rings. The smallest absolute Gasteiger partial charge is 0.308 e. The van der Waals surface area contributed by atoms with Crippen molar-refractivity contribution in [2.45, 2.75) is 5.92 Å². The van der Waals surface area contributed by atoms with E-state index in [1.807, 2.05) is 24.6 Å². The fraction of sp³-hybridized carbons (Fsp3) is 0.500. The first-order valence-corrected chi connectivity index (χ1v) is 5.51. The van der Waals surface area contributed by atoms with Crippen LogP contribution in [0.1, 0.15) is 10.8 Å². The maximum absolute atomic E-state index is 11.0. The molecule has 0 unspecified atom stereocenters. The molecule has 2 rings (SSSR count). The van der Waals surface area contributed by atoms with Gasteiger partial charge in [-0.2, -0.15) is 0 Å². The van der Waals surface area contributed by atoms with Gasteiger partial charge in [-0.15, -0.1) is 11.3 Å². The van der Waals surface area contributed by atoms with Crippen molar-refractivity contribution in [1.82, 2.24) is 4.90 Å². The Balaban J connectivity index is 2.21. The van der Waals surface area contributed by atoms with Crippen molar-refractivity contribution in [1.29, 1.82) is 0 Å². The van der Waals surface area contributed by atoms with Gasteiger partial charge in [-0.05, 0) is 18.5 Å². The molecular formula is C10H13NO2S. The standard InChI is InChI=1S/C10H13NO2S/c1-11-5-7(8(6-11)10(12)13)9-3-2-4-14-9/h2-4,7-8H,5-6H2,1H3,(H,12,13)/t7-,8-/m1/s1. The van der Waals surface area contributed by atoms with E-state index in [1.54, 1.807) is 11.3 Å². The second-order valence-electron chi connectivity index (χ2n) is 3.79. The molecule has 1 aliphatic heterocycles. The van der Waals surface area contributed by atoms with Crippen molar-refractivity contribution in [3.8, 4) is 0 Å². The van der Waals surface area contributed by atoms with Crippen LogP contribution in [0, 0.1) is 5.92 Å². The second kappa shape index (κ2) is 3.71. The predicted molar refractivity (Wildman–Crippen MR) is 55.7 cm³/mol. The first-order valence-electron chi connectivity index (χ1n) is 4.63. The fourth-order valence-corrected chi connectivity index (χ4v) is 2.93. The molecule has 0 bridgehead atoms. The van der Waals surface area contributed by atoms with Gasteiger partial charge in [0.2, 0.25) is 0 Å². The molecule has 0 aliphatic carbocycles. The number of hydrogen-bond acceptors (Lipinski definition) is 3. The van der Waals surface area contributed by atoms with E-state index < -0.39 is 5.97 Å². The lowest BCUT2D eigenvalue weighted by Crippen LogP contribution is -2.21. The summed E-state index contributed by atoms with van der Waals surface area (Å²) < 4.78 is 0. The number of carbonyl (C=O) groups is 1. The summed E-state index contributed by atoms with van der Waals surface area (Å²) in [5, 5.41) is 11.1. The topological polar surface area (TPSA) is 40.5 Å². The van der Waals surface area contributed by atoms with E-state index in [2.05, 4.69) is 4.90 Å². The third-order valence-electron chi connectivity index (χ3n) is 2.73. The second-order valence-corrected chi connectivity index (χ2v) is 4.77. The highest BCUT2D eigenvalue weighted by molar-refractivity contribution is 7.10. The highest BCUT2D eigenvalue weighted by Gasteiger charge is 2.37. The summed E-state index contributed by atoms with van der Waals surface area (Å²) in [5.74, 6) is -0.733. The molecule has 0 aromatic carbocycles. The van der Waals surface area contributed by atoms with Crippen LogP contribution in [-0.4, -0.2) is 36.1 Å². The SMILES string of the molecule is CN1C[C@@H](C(=O)O)[C@H](c2cccs2)C1. The Morgan fingerprint density at radius 3 is 3.00 bits per heavy atom. The minimum atomic E-state index is -0.673. The molecule has 0 radical (unpaired) electrons. The van der Waals surface area contributed by atoms with Crippen LogP contribution in [0.25, 0.3) is 0 Å². The first kappa shape index (κ1) is 9.68. The zero-order chi connectivity index (χ0) is 10.1. The summed E-state index contributed by atoms with van der Waals surface area (Å²) in [6.07, 6.45) is 0. The number of nitrogens with zero attached hydrogens (tertiary/aromatic N) is 1. The van der Waals surface area contributed by atoms with Crippen LogP contribution in [0.3, 0.4) is 0 Å². The minimum absolute atomic E-state index is 0.178. The lowest BCUT2D eigenvalue weighted by molar-refractivity contribution is -0.141. The summed E-state index contributed by atoms with van der Waals surface area (Å²) in [6.45, 7) is 1.52. The molecule has 4 heteroatoms. The zero-order valence-corrected chi connectivity index (χ0v) is 8.83. The Morgan fingerprint density at radius 2 is 2.43 bits per heavy atom. The van der Waals surface area contributed by atoms with E-state index in [-0.39, 0.29) is 11.8 Å². The van der Waals surface area contributed by atoms with Crippen molar-refractivity contribution in [2.75, 3.05) is 20.1 Å². The van der Waals surface area contributed by atoms with Crippen molar-refractivity contribution in [2.24, 2.45) is 5.92 Å². The fourth-order valence-electron chi connectivity index (χ4n) is 2.04. The van der Waals surface area contributed by atoms with Crippen LogP contribution >= 0.6 is 11.3 Å². The molecule has 1 aromatic rings.